The summed E-state index contributed by atoms with van der Waals surface area (Å²) in [5.41, 5.74) is 5.28. The van der Waals surface area contributed by atoms with E-state index in [1.54, 1.807) is 0 Å². The minimum atomic E-state index is -0.157. The van der Waals surface area contributed by atoms with E-state index < -0.39 is 0 Å². The standard InChI is InChI=1S/C27H28N2O3/c1-20-10-9-13-22(18-20)29-25-19-23(32-17-8-4-7-14-26(30)31-2)15-16-24(25)28-27(29)21-11-5-3-6-12-21/h3,5-6,9-13,15-16,18-19H,4,7-8,14,17H2,1-2H3. The van der Waals surface area contributed by atoms with E-state index in [9.17, 15) is 4.79 Å². The highest BCUT2D eigenvalue weighted by atomic mass is 16.5. The number of carbonyl (C=O) groups excluding carboxylic acids is 1. The van der Waals surface area contributed by atoms with Gasteiger partial charge >= 0.3 is 5.97 Å². The van der Waals surface area contributed by atoms with Gasteiger partial charge in [-0.05, 0) is 56.0 Å². The maximum atomic E-state index is 11.2. The molecular formula is C27H28N2O3. The van der Waals surface area contributed by atoms with Crippen molar-refractivity contribution in [1.29, 1.82) is 0 Å². The smallest absolute Gasteiger partial charge is 0.305 e. The van der Waals surface area contributed by atoms with E-state index in [1.165, 1.54) is 12.7 Å². The molecule has 3 aromatic carbocycles. The summed E-state index contributed by atoms with van der Waals surface area (Å²) in [5.74, 6) is 1.57. The predicted octanol–water partition coefficient (Wildman–Crippen LogP) is 6.11. The van der Waals surface area contributed by atoms with E-state index in [4.69, 9.17) is 9.72 Å². The van der Waals surface area contributed by atoms with Crippen LogP contribution in [0.3, 0.4) is 0 Å². The molecule has 4 rings (SSSR count). The third kappa shape index (κ3) is 4.99. The van der Waals surface area contributed by atoms with Gasteiger partial charge in [-0.15, -0.1) is 0 Å². The fourth-order valence-corrected chi connectivity index (χ4v) is 3.79. The SMILES string of the molecule is COC(=O)CCCCCOc1ccc2nc(-c3ccccc3)n(-c3cccc(C)c3)c2c1. The average molecular weight is 429 g/mol. The van der Waals surface area contributed by atoms with E-state index >= 15 is 0 Å². The highest BCUT2D eigenvalue weighted by molar-refractivity contribution is 5.84. The van der Waals surface area contributed by atoms with Crippen molar-refractivity contribution in [1.82, 2.24) is 9.55 Å². The second-order valence-corrected chi connectivity index (χ2v) is 7.86. The van der Waals surface area contributed by atoms with Crippen LogP contribution in [0.4, 0.5) is 0 Å². The van der Waals surface area contributed by atoms with Crippen molar-refractivity contribution in [3.8, 4) is 22.8 Å². The summed E-state index contributed by atoms with van der Waals surface area (Å²) < 4.78 is 12.9. The molecule has 0 amide bonds. The number of rotatable bonds is 9. The molecule has 0 atom stereocenters. The van der Waals surface area contributed by atoms with Crippen molar-refractivity contribution < 1.29 is 14.3 Å². The van der Waals surface area contributed by atoms with Crippen LogP contribution >= 0.6 is 0 Å². The van der Waals surface area contributed by atoms with Gasteiger partial charge in [0.15, 0.2) is 0 Å². The van der Waals surface area contributed by atoms with Gasteiger partial charge in [-0.3, -0.25) is 9.36 Å². The van der Waals surface area contributed by atoms with Crippen LogP contribution in [-0.2, 0) is 9.53 Å². The number of carbonyl (C=O) groups is 1. The Bertz CT molecular complexity index is 1200. The fraction of sp³-hybridized carbons (Fsp3) is 0.259. The van der Waals surface area contributed by atoms with Crippen LogP contribution in [0.15, 0.2) is 72.8 Å². The van der Waals surface area contributed by atoms with Gasteiger partial charge in [0.25, 0.3) is 0 Å². The number of aryl methyl sites for hydroxylation is 1. The van der Waals surface area contributed by atoms with Gasteiger partial charge in [0.2, 0.25) is 0 Å². The second kappa shape index (κ2) is 10.1. The normalized spacial score (nSPS) is 10.9. The number of unbranched alkanes of at least 4 members (excludes halogenated alkanes) is 2. The quantitative estimate of drug-likeness (QED) is 0.238. The number of imidazole rings is 1. The Labute approximate surface area is 188 Å². The van der Waals surface area contributed by atoms with Crippen molar-refractivity contribution in [2.24, 2.45) is 0 Å². The molecule has 4 aromatic rings. The molecule has 0 fully saturated rings. The summed E-state index contributed by atoms with van der Waals surface area (Å²) >= 11 is 0. The fourth-order valence-electron chi connectivity index (χ4n) is 3.79. The first-order valence-electron chi connectivity index (χ1n) is 11.0. The lowest BCUT2D eigenvalue weighted by Gasteiger charge is -2.11. The molecule has 0 radical (unpaired) electrons. The molecule has 0 aliphatic heterocycles. The molecular weight excluding hydrogens is 400 g/mol. The van der Waals surface area contributed by atoms with Crippen molar-refractivity contribution in [2.75, 3.05) is 13.7 Å². The van der Waals surface area contributed by atoms with Gasteiger partial charge in [-0.2, -0.15) is 0 Å². The predicted molar refractivity (Wildman–Crippen MR) is 127 cm³/mol. The molecule has 0 saturated heterocycles. The Hall–Kier alpha value is -3.60. The van der Waals surface area contributed by atoms with Crippen LogP contribution in [0.5, 0.6) is 5.75 Å². The van der Waals surface area contributed by atoms with E-state index in [0.29, 0.717) is 13.0 Å². The molecule has 0 unspecified atom stereocenters. The summed E-state index contributed by atoms with van der Waals surface area (Å²) in [6, 6.07) is 24.7. The van der Waals surface area contributed by atoms with E-state index in [-0.39, 0.29) is 5.97 Å². The van der Waals surface area contributed by atoms with Gasteiger partial charge in [-0.1, -0.05) is 42.5 Å². The molecule has 1 aromatic heterocycles. The lowest BCUT2D eigenvalue weighted by atomic mass is 10.2. The second-order valence-electron chi connectivity index (χ2n) is 7.86. The lowest BCUT2D eigenvalue weighted by Crippen LogP contribution is -2.01. The highest BCUT2D eigenvalue weighted by Crippen LogP contribution is 2.31. The van der Waals surface area contributed by atoms with Gasteiger partial charge in [-0.25, -0.2) is 4.98 Å². The van der Waals surface area contributed by atoms with Crippen LogP contribution in [0.25, 0.3) is 28.1 Å². The minimum Gasteiger partial charge on any atom is -0.494 e. The monoisotopic (exact) mass is 428 g/mol. The first-order chi connectivity index (χ1) is 15.7. The Morgan fingerprint density at radius 2 is 1.78 bits per heavy atom. The van der Waals surface area contributed by atoms with Crippen LogP contribution in [0.2, 0.25) is 0 Å². The molecule has 0 spiro atoms. The van der Waals surface area contributed by atoms with Crippen LogP contribution in [-0.4, -0.2) is 29.2 Å². The summed E-state index contributed by atoms with van der Waals surface area (Å²) in [4.78, 5) is 16.1. The lowest BCUT2D eigenvalue weighted by molar-refractivity contribution is -0.140. The molecule has 1 heterocycles. The molecule has 0 N–H and O–H groups in total. The van der Waals surface area contributed by atoms with Gasteiger partial charge in [0, 0.05) is 23.7 Å². The summed E-state index contributed by atoms with van der Waals surface area (Å²) in [6.45, 7) is 2.70. The van der Waals surface area contributed by atoms with Crippen molar-refractivity contribution in [3.05, 3.63) is 78.4 Å². The zero-order valence-corrected chi connectivity index (χ0v) is 18.6. The first kappa shape index (κ1) is 21.6. The van der Waals surface area contributed by atoms with E-state index in [1.807, 2.05) is 30.3 Å². The zero-order chi connectivity index (χ0) is 22.3. The molecule has 0 aliphatic carbocycles. The van der Waals surface area contributed by atoms with Gasteiger partial charge in [0.05, 0.1) is 24.8 Å². The Kier molecular flexibility index (Phi) is 6.85. The Morgan fingerprint density at radius 3 is 2.56 bits per heavy atom. The number of hydrogen-bond acceptors (Lipinski definition) is 4. The molecule has 164 valence electrons. The van der Waals surface area contributed by atoms with E-state index in [2.05, 4.69) is 58.7 Å². The number of hydrogen-bond donors (Lipinski definition) is 0. The molecule has 0 aliphatic rings. The Balaban J connectivity index is 1.59. The first-order valence-corrected chi connectivity index (χ1v) is 11.0. The van der Waals surface area contributed by atoms with Crippen molar-refractivity contribution in [2.45, 2.75) is 32.6 Å². The number of ether oxygens (including phenoxy) is 2. The highest BCUT2D eigenvalue weighted by Gasteiger charge is 2.15. The third-order valence-corrected chi connectivity index (χ3v) is 5.44. The molecule has 5 nitrogen and oxygen atoms in total. The zero-order valence-electron chi connectivity index (χ0n) is 18.6. The summed E-state index contributed by atoms with van der Waals surface area (Å²) in [5, 5.41) is 0. The summed E-state index contributed by atoms with van der Waals surface area (Å²) in [6.07, 6.45) is 3.09. The number of nitrogens with zero attached hydrogens (tertiary/aromatic N) is 2. The third-order valence-electron chi connectivity index (χ3n) is 5.44. The largest absolute Gasteiger partial charge is 0.494 e. The van der Waals surface area contributed by atoms with Crippen LogP contribution in [0, 0.1) is 6.92 Å². The number of benzene rings is 3. The number of aromatic nitrogens is 2. The summed E-state index contributed by atoms with van der Waals surface area (Å²) in [7, 11) is 1.42. The van der Waals surface area contributed by atoms with Crippen LogP contribution in [0.1, 0.15) is 31.2 Å². The van der Waals surface area contributed by atoms with Crippen molar-refractivity contribution in [3.63, 3.8) is 0 Å². The average Bonchev–Trinajstić information content (AvgIpc) is 3.20. The number of esters is 1. The van der Waals surface area contributed by atoms with E-state index in [0.717, 1.165) is 53.1 Å². The number of fused-ring (bicyclic) bond motifs is 1. The van der Waals surface area contributed by atoms with Gasteiger partial charge < -0.3 is 9.47 Å². The van der Waals surface area contributed by atoms with Crippen molar-refractivity contribution >= 4 is 17.0 Å². The molecule has 0 saturated carbocycles. The topological polar surface area (TPSA) is 53.4 Å². The maximum absolute atomic E-state index is 11.2. The molecule has 32 heavy (non-hydrogen) atoms. The Morgan fingerprint density at radius 1 is 0.938 bits per heavy atom. The maximum Gasteiger partial charge on any atom is 0.305 e. The number of methoxy groups -OCH3 is 1. The van der Waals surface area contributed by atoms with Gasteiger partial charge in [0.1, 0.15) is 11.6 Å². The minimum absolute atomic E-state index is 0.157. The molecule has 0 bridgehead atoms. The van der Waals surface area contributed by atoms with Crippen LogP contribution < -0.4 is 4.74 Å². The molecule has 5 heteroatoms.